The number of piperazine rings is 1. The first-order valence-electron chi connectivity index (χ1n) is 8.71. The van der Waals surface area contributed by atoms with Crippen LogP contribution in [0, 0.1) is 5.82 Å². The summed E-state index contributed by atoms with van der Waals surface area (Å²) in [6, 6.07) is 16.0. The van der Waals surface area contributed by atoms with E-state index in [4.69, 9.17) is 0 Å². The van der Waals surface area contributed by atoms with Crippen LogP contribution in [0.25, 0.3) is 0 Å². The van der Waals surface area contributed by atoms with Crippen molar-refractivity contribution in [1.29, 1.82) is 0 Å². The summed E-state index contributed by atoms with van der Waals surface area (Å²) in [6.07, 6.45) is 0.0623. The second kappa shape index (κ2) is 8.47. The molecule has 136 valence electrons. The van der Waals surface area contributed by atoms with Crippen molar-refractivity contribution in [3.63, 3.8) is 0 Å². The molecule has 2 aromatic carbocycles. The molecule has 5 nitrogen and oxygen atoms in total. The summed E-state index contributed by atoms with van der Waals surface area (Å²) in [5.74, 6) is -0.750. The van der Waals surface area contributed by atoms with Gasteiger partial charge in [-0.25, -0.2) is 4.39 Å². The average Bonchev–Trinajstić information content (AvgIpc) is 2.67. The van der Waals surface area contributed by atoms with Crippen LogP contribution in [0.2, 0.25) is 0 Å². The lowest BCUT2D eigenvalue weighted by atomic mass is 10.1. The predicted molar refractivity (Wildman–Crippen MR) is 98.3 cm³/mol. The second-order valence-electron chi connectivity index (χ2n) is 6.29. The molecule has 1 saturated heterocycles. The van der Waals surface area contributed by atoms with Gasteiger partial charge in [0.05, 0.1) is 13.0 Å². The van der Waals surface area contributed by atoms with Crippen molar-refractivity contribution in [2.45, 2.75) is 6.42 Å². The lowest BCUT2D eigenvalue weighted by Gasteiger charge is -2.36. The van der Waals surface area contributed by atoms with E-state index in [0.717, 1.165) is 18.8 Å². The molecule has 0 saturated carbocycles. The molecule has 2 amide bonds. The molecule has 1 fully saturated rings. The molecule has 0 bridgehead atoms. The van der Waals surface area contributed by atoms with Crippen molar-refractivity contribution in [3.05, 3.63) is 66.0 Å². The minimum Gasteiger partial charge on any atom is -0.368 e. The maximum atomic E-state index is 13.1. The number of carbonyl (C=O) groups is 2. The van der Waals surface area contributed by atoms with E-state index >= 15 is 0 Å². The summed E-state index contributed by atoms with van der Waals surface area (Å²) >= 11 is 0. The van der Waals surface area contributed by atoms with Crippen molar-refractivity contribution < 1.29 is 14.0 Å². The summed E-state index contributed by atoms with van der Waals surface area (Å²) in [6.45, 7) is 2.78. The molecule has 26 heavy (non-hydrogen) atoms. The zero-order valence-corrected chi connectivity index (χ0v) is 14.5. The minimum absolute atomic E-state index is 0.0283. The van der Waals surface area contributed by atoms with Crippen LogP contribution in [0.4, 0.5) is 10.1 Å². The largest absolute Gasteiger partial charge is 0.368 e. The van der Waals surface area contributed by atoms with Crippen LogP contribution in [0.5, 0.6) is 0 Å². The molecular weight excluding hydrogens is 333 g/mol. The van der Waals surface area contributed by atoms with Crippen LogP contribution in [0.1, 0.15) is 5.56 Å². The van der Waals surface area contributed by atoms with E-state index in [9.17, 15) is 14.0 Å². The van der Waals surface area contributed by atoms with Crippen LogP contribution in [0.3, 0.4) is 0 Å². The second-order valence-corrected chi connectivity index (χ2v) is 6.29. The van der Waals surface area contributed by atoms with E-state index in [1.807, 2.05) is 18.2 Å². The number of para-hydroxylation sites is 1. The fraction of sp³-hybridized carbons (Fsp3) is 0.300. The monoisotopic (exact) mass is 355 g/mol. The van der Waals surface area contributed by atoms with Gasteiger partial charge < -0.3 is 15.1 Å². The van der Waals surface area contributed by atoms with Crippen molar-refractivity contribution in [2.24, 2.45) is 0 Å². The third-order valence-corrected chi connectivity index (χ3v) is 4.44. The molecule has 3 rings (SSSR count). The number of anilines is 1. The van der Waals surface area contributed by atoms with E-state index in [1.54, 1.807) is 17.0 Å². The predicted octanol–water partition coefficient (Wildman–Crippen LogP) is 1.83. The van der Waals surface area contributed by atoms with E-state index < -0.39 is 0 Å². The Labute approximate surface area is 152 Å². The number of amides is 2. The van der Waals surface area contributed by atoms with Gasteiger partial charge in [0.25, 0.3) is 0 Å². The first kappa shape index (κ1) is 17.9. The van der Waals surface area contributed by atoms with Gasteiger partial charge in [-0.05, 0) is 29.8 Å². The molecule has 0 aromatic heterocycles. The number of hydrogen-bond donors (Lipinski definition) is 1. The number of hydrogen-bond acceptors (Lipinski definition) is 3. The Morgan fingerprint density at radius 2 is 1.69 bits per heavy atom. The lowest BCUT2D eigenvalue weighted by Crippen LogP contribution is -2.51. The maximum absolute atomic E-state index is 13.1. The Morgan fingerprint density at radius 1 is 0.962 bits per heavy atom. The fourth-order valence-electron chi connectivity index (χ4n) is 3.03. The zero-order chi connectivity index (χ0) is 18.4. The summed E-state index contributed by atoms with van der Waals surface area (Å²) in [5, 5.41) is 2.62. The average molecular weight is 355 g/mol. The van der Waals surface area contributed by atoms with Gasteiger partial charge in [-0.1, -0.05) is 30.3 Å². The molecule has 6 heteroatoms. The van der Waals surface area contributed by atoms with Crippen LogP contribution in [-0.2, 0) is 16.0 Å². The maximum Gasteiger partial charge on any atom is 0.242 e. The molecule has 1 aliphatic rings. The molecule has 0 aliphatic carbocycles. The smallest absolute Gasteiger partial charge is 0.242 e. The van der Waals surface area contributed by atoms with Gasteiger partial charge in [0.1, 0.15) is 5.82 Å². The summed E-state index contributed by atoms with van der Waals surface area (Å²) < 4.78 is 13.1. The fourth-order valence-corrected chi connectivity index (χ4v) is 3.03. The van der Waals surface area contributed by atoms with Gasteiger partial charge in [-0.2, -0.15) is 0 Å². The van der Waals surface area contributed by atoms with Crippen molar-refractivity contribution in [1.82, 2.24) is 10.2 Å². The van der Waals surface area contributed by atoms with Gasteiger partial charge in [0.2, 0.25) is 11.8 Å². The number of rotatable bonds is 5. The molecule has 1 aliphatic heterocycles. The normalized spacial score (nSPS) is 14.2. The third-order valence-electron chi connectivity index (χ3n) is 4.44. The van der Waals surface area contributed by atoms with Crippen molar-refractivity contribution >= 4 is 17.5 Å². The zero-order valence-electron chi connectivity index (χ0n) is 14.5. The van der Waals surface area contributed by atoms with Gasteiger partial charge in [0, 0.05) is 31.9 Å². The summed E-state index contributed by atoms with van der Waals surface area (Å²) in [7, 11) is 0. The summed E-state index contributed by atoms with van der Waals surface area (Å²) in [5.41, 5.74) is 1.74. The molecule has 0 spiro atoms. The van der Waals surface area contributed by atoms with Gasteiger partial charge in [-0.15, -0.1) is 0 Å². The van der Waals surface area contributed by atoms with Crippen molar-refractivity contribution in [2.75, 3.05) is 37.6 Å². The molecule has 0 atom stereocenters. The summed E-state index contributed by atoms with van der Waals surface area (Å²) in [4.78, 5) is 28.2. The standard InChI is InChI=1S/C20H22FN3O2/c21-17-6-4-5-16(13-17)14-19(25)22-15-20(26)24-11-9-23(10-12-24)18-7-2-1-3-8-18/h1-8,13H,9-12,14-15H2,(H,22,25). The number of halogens is 1. The molecule has 0 radical (unpaired) electrons. The lowest BCUT2D eigenvalue weighted by molar-refractivity contribution is -0.133. The third kappa shape index (κ3) is 4.81. The van der Waals surface area contributed by atoms with E-state index in [1.165, 1.54) is 12.1 Å². The van der Waals surface area contributed by atoms with Crippen LogP contribution in [0.15, 0.2) is 54.6 Å². The van der Waals surface area contributed by atoms with Gasteiger partial charge in [-0.3, -0.25) is 9.59 Å². The molecule has 1 heterocycles. The van der Waals surface area contributed by atoms with Crippen LogP contribution < -0.4 is 10.2 Å². The Bertz CT molecular complexity index is 759. The Morgan fingerprint density at radius 3 is 2.38 bits per heavy atom. The highest BCUT2D eigenvalue weighted by molar-refractivity contribution is 5.85. The van der Waals surface area contributed by atoms with Gasteiger partial charge >= 0.3 is 0 Å². The number of benzene rings is 2. The quantitative estimate of drug-likeness (QED) is 0.890. The highest BCUT2D eigenvalue weighted by atomic mass is 19.1. The van der Waals surface area contributed by atoms with Gasteiger partial charge in [0.15, 0.2) is 0 Å². The highest BCUT2D eigenvalue weighted by Crippen LogP contribution is 2.15. The SMILES string of the molecule is O=C(Cc1cccc(F)c1)NCC(=O)N1CCN(c2ccccc2)CC1. The van der Waals surface area contributed by atoms with Crippen molar-refractivity contribution in [3.8, 4) is 0 Å². The topological polar surface area (TPSA) is 52.7 Å². The first-order chi connectivity index (χ1) is 12.6. The molecule has 2 aromatic rings. The van der Waals surface area contributed by atoms with Crippen LogP contribution in [-0.4, -0.2) is 49.4 Å². The molecule has 1 N–H and O–H groups in total. The molecule has 0 unspecified atom stereocenters. The van der Waals surface area contributed by atoms with E-state index in [0.29, 0.717) is 18.7 Å². The number of nitrogens with zero attached hydrogens (tertiary/aromatic N) is 2. The molecular formula is C20H22FN3O2. The van der Waals surface area contributed by atoms with E-state index in [-0.39, 0.29) is 30.6 Å². The Hall–Kier alpha value is -2.89. The minimum atomic E-state index is -0.373. The number of nitrogens with one attached hydrogen (secondary N) is 1. The van der Waals surface area contributed by atoms with E-state index in [2.05, 4.69) is 22.3 Å². The number of carbonyl (C=O) groups excluding carboxylic acids is 2. The highest BCUT2D eigenvalue weighted by Gasteiger charge is 2.21. The Balaban J connectivity index is 1.42. The Kier molecular flexibility index (Phi) is 5.84. The first-order valence-corrected chi connectivity index (χ1v) is 8.71. The van der Waals surface area contributed by atoms with Crippen LogP contribution >= 0.6 is 0 Å².